The van der Waals surface area contributed by atoms with Crippen LogP contribution in [0.1, 0.15) is 10.6 Å². The Morgan fingerprint density at radius 1 is 1.08 bits per heavy atom. The number of anilines is 1. The van der Waals surface area contributed by atoms with Crippen LogP contribution in [0.25, 0.3) is 5.69 Å². The number of halogens is 1. The Labute approximate surface area is 149 Å². The molecule has 3 aromatic rings. The molecule has 0 fully saturated rings. The Kier molecular flexibility index (Phi) is 4.85. The summed E-state index contributed by atoms with van der Waals surface area (Å²) < 4.78 is 11.9. The van der Waals surface area contributed by atoms with Crippen LogP contribution in [0.2, 0.25) is 5.02 Å². The van der Waals surface area contributed by atoms with Crippen LogP contribution >= 0.6 is 11.6 Å². The van der Waals surface area contributed by atoms with Gasteiger partial charge in [0.05, 0.1) is 19.9 Å². The summed E-state index contributed by atoms with van der Waals surface area (Å²) in [7, 11) is 3.07. The normalized spacial score (nSPS) is 10.4. The average molecular weight is 359 g/mol. The molecule has 3 rings (SSSR count). The Bertz CT molecular complexity index is 893. The minimum atomic E-state index is -0.431. The van der Waals surface area contributed by atoms with Crippen LogP contribution in [0.5, 0.6) is 11.5 Å². The molecule has 0 saturated heterocycles. The largest absolute Gasteiger partial charge is 0.493 e. The van der Waals surface area contributed by atoms with Crippen molar-refractivity contribution in [3.05, 3.63) is 59.6 Å². The number of ether oxygens (including phenoxy) is 2. The fourth-order valence-electron chi connectivity index (χ4n) is 2.19. The highest BCUT2D eigenvalue weighted by atomic mass is 35.5. The molecule has 1 aromatic heterocycles. The number of amides is 1. The third-order valence-corrected chi connectivity index (χ3v) is 3.68. The molecule has 0 saturated carbocycles. The Hall–Kier alpha value is -3.06. The zero-order valence-corrected chi connectivity index (χ0v) is 14.3. The molecule has 1 heterocycles. The summed E-state index contributed by atoms with van der Waals surface area (Å²) in [6.45, 7) is 0. The molecular weight excluding hydrogens is 344 g/mol. The van der Waals surface area contributed by atoms with Crippen molar-refractivity contribution in [1.29, 1.82) is 0 Å². The van der Waals surface area contributed by atoms with Crippen LogP contribution in [0, 0.1) is 0 Å². The smallest absolute Gasteiger partial charge is 0.295 e. The lowest BCUT2D eigenvalue weighted by molar-refractivity contribution is 0.101. The van der Waals surface area contributed by atoms with Crippen LogP contribution in [0.4, 0.5) is 5.69 Å². The zero-order valence-electron chi connectivity index (χ0n) is 13.6. The van der Waals surface area contributed by atoms with E-state index in [9.17, 15) is 4.79 Å². The number of methoxy groups -OCH3 is 2. The van der Waals surface area contributed by atoms with Crippen molar-refractivity contribution in [1.82, 2.24) is 14.8 Å². The van der Waals surface area contributed by atoms with Gasteiger partial charge in [0.2, 0.25) is 5.82 Å². The molecule has 0 bridgehead atoms. The van der Waals surface area contributed by atoms with Crippen molar-refractivity contribution in [2.24, 2.45) is 0 Å². The summed E-state index contributed by atoms with van der Waals surface area (Å²) >= 11 is 5.86. The van der Waals surface area contributed by atoms with Gasteiger partial charge in [0, 0.05) is 16.8 Å². The molecule has 0 aliphatic carbocycles. The molecule has 0 unspecified atom stereocenters. The summed E-state index contributed by atoms with van der Waals surface area (Å²) in [5, 5.41) is 7.52. The van der Waals surface area contributed by atoms with Gasteiger partial charge in [0.15, 0.2) is 11.5 Å². The van der Waals surface area contributed by atoms with E-state index >= 15 is 0 Å². The molecular formula is C17H15ClN4O3. The number of benzene rings is 2. The summed E-state index contributed by atoms with van der Waals surface area (Å²) in [5.41, 5.74) is 1.30. The van der Waals surface area contributed by atoms with E-state index in [1.807, 2.05) is 0 Å². The van der Waals surface area contributed by atoms with Gasteiger partial charge >= 0.3 is 0 Å². The van der Waals surface area contributed by atoms with Gasteiger partial charge in [-0.05, 0) is 36.4 Å². The predicted octanol–water partition coefficient (Wildman–Crippen LogP) is 3.19. The molecule has 128 valence electrons. The molecule has 0 spiro atoms. The summed E-state index contributed by atoms with van der Waals surface area (Å²) in [4.78, 5) is 16.4. The number of carbonyl (C=O) groups is 1. The van der Waals surface area contributed by atoms with Gasteiger partial charge < -0.3 is 14.8 Å². The van der Waals surface area contributed by atoms with E-state index < -0.39 is 5.91 Å². The molecule has 2 aromatic carbocycles. The van der Waals surface area contributed by atoms with Crippen molar-refractivity contribution < 1.29 is 14.3 Å². The van der Waals surface area contributed by atoms with Crippen molar-refractivity contribution in [3.63, 3.8) is 0 Å². The van der Waals surface area contributed by atoms with Crippen molar-refractivity contribution in [2.75, 3.05) is 19.5 Å². The van der Waals surface area contributed by atoms with E-state index in [1.54, 1.807) is 49.6 Å². The highest BCUT2D eigenvalue weighted by Crippen LogP contribution is 2.29. The van der Waals surface area contributed by atoms with Crippen molar-refractivity contribution >= 4 is 23.2 Å². The second kappa shape index (κ2) is 7.23. The fraction of sp³-hybridized carbons (Fsp3) is 0.118. The number of nitrogens with one attached hydrogen (secondary N) is 1. The summed E-state index contributed by atoms with van der Waals surface area (Å²) in [6, 6.07) is 12.1. The van der Waals surface area contributed by atoms with Gasteiger partial charge in [-0.25, -0.2) is 9.67 Å². The first-order valence-corrected chi connectivity index (χ1v) is 7.69. The number of aromatic nitrogens is 3. The van der Waals surface area contributed by atoms with Gasteiger partial charge in [-0.15, -0.1) is 5.10 Å². The van der Waals surface area contributed by atoms with E-state index in [-0.39, 0.29) is 5.82 Å². The maximum Gasteiger partial charge on any atom is 0.295 e. The molecule has 7 nitrogen and oxygen atoms in total. The molecule has 0 atom stereocenters. The van der Waals surface area contributed by atoms with Gasteiger partial charge in [-0.2, -0.15) is 0 Å². The lowest BCUT2D eigenvalue weighted by Gasteiger charge is -2.09. The maximum absolute atomic E-state index is 12.3. The first kappa shape index (κ1) is 16.8. The molecule has 0 aliphatic heterocycles. The minimum absolute atomic E-state index is 0.0461. The lowest BCUT2D eigenvalue weighted by Crippen LogP contribution is -2.14. The standard InChI is InChI=1S/C17H15ClN4O3/c1-24-14-8-5-12(9-15(14)25-2)20-17(23)16-19-10-22(21-16)13-6-3-11(18)4-7-13/h3-10H,1-2H3,(H,20,23). The van der Waals surface area contributed by atoms with E-state index in [0.717, 1.165) is 5.69 Å². The van der Waals surface area contributed by atoms with Crippen LogP contribution in [0.3, 0.4) is 0 Å². The fourth-order valence-corrected chi connectivity index (χ4v) is 2.31. The van der Waals surface area contributed by atoms with E-state index in [4.69, 9.17) is 21.1 Å². The predicted molar refractivity (Wildman–Crippen MR) is 93.9 cm³/mol. The monoisotopic (exact) mass is 358 g/mol. The number of rotatable bonds is 5. The molecule has 8 heteroatoms. The second-order valence-corrected chi connectivity index (χ2v) is 5.45. The van der Waals surface area contributed by atoms with E-state index in [1.165, 1.54) is 18.1 Å². The maximum atomic E-state index is 12.3. The summed E-state index contributed by atoms with van der Waals surface area (Å²) in [6.07, 6.45) is 1.47. The molecule has 0 aliphatic rings. The highest BCUT2D eigenvalue weighted by Gasteiger charge is 2.14. The second-order valence-electron chi connectivity index (χ2n) is 5.01. The molecule has 1 amide bonds. The molecule has 1 N–H and O–H groups in total. The minimum Gasteiger partial charge on any atom is -0.493 e. The van der Waals surface area contributed by atoms with Gasteiger partial charge in [-0.1, -0.05) is 11.6 Å². The van der Waals surface area contributed by atoms with Gasteiger partial charge in [-0.3, -0.25) is 4.79 Å². The SMILES string of the molecule is COc1ccc(NC(=O)c2ncn(-c3ccc(Cl)cc3)n2)cc1OC. The van der Waals surface area contributed by atoms with E-state index in [2.05, 4.69) is 15.4 Å². The number of hydrogen-bond acceptors (Lipinski definition) is 5. The Morgan fingerprint density at radius 3 is 2.48 bits per heavy atom. The zero-order chi connectivity index (χ0) is 17.8. The van der Waals surface area contributed by atoms with Gasteiger partial charge in [0.1, 0.15) is 6.33 Å². The van der Waals surface area contributed by atoms with Gasteiger partial charge in [0.25, 0.3) is 5.91 Å². The molecule has 0 radical (unpaired) electrons. The number of nitrogens with zero attached hydrogens (tertiary/aromatic N) is 3. The third-order valence-electron chi connectivity index (χ3n) is 3.43. The molecule has 25 heavy (non-hydrogen) atoms. The number of hydrogen-bond donors (Lipinski definition) is 1. The highest BCUT2D eigenvalue weighted by molar-refractivity contribution is 6.30. The van der Waals surface area contributed by atoms with Crippen LogP contribution in [0.15, 0.2) is 48.8 Å². The van der Waals surface area contributed by atoms with Crippen LogP contribution in [-0.2, 0) is 0 Å². The first-order chi connectivity index (χ1) is 12.1. The Morgan fingerprint density at radius 2 is 1.80 bits per heavy atom. The van der Waals surface area contributed by atoms with E-state index in [0.29, 0.717) is 22.2 Å². The van der Waals surface area contributed by atoms with Crippen molar-refractivity contribution in [2.45, 2.75) is 0 Å². The Balaban J connectivity index is 1.77. The first-order valence-electron chi connectivity index (χ1n) is 7.31. The van der Waals surface area contributed by atoms with Crippen molar-refractivity contribution in [3.8, 4) is 17.2 Å². The third kappa shape index (κ3) is 3.72. The topological polar surface area (TPSA) is 78.3 Å². The van der Waals surface area contributed by atoms with Crippen LogP contribution in [-0.4, -0.2) is 34.9 Å². The van der Waals surface area contributed by atoms with Crippen LogP contribution < -0.4 is 14.8 Å². The summed E-state index contributed by atoms with van der Waals surface area (Å²) in [5.74, 6) is 0.704. The number of carbonyl (C=O) groups excluding carboxylic acids is 1. The average Bonchev–Trinajstić information content (AvgIpc) is 3.12. The quantitative estimate of drug-likeness (QED) is 0.757. The lowest BCUT2D eigenvalue weighted by atomic mass is 10.2.